The molecular weight excluding hydrogens is 296 g/mol. The predicted molar refractivity (Wildman–Crippen MR) is 84.5 cm³/mol. The minimum Gasteiger partial charge on any atom is -0.380 e. The normalized spacial score (nSPS) is 11.2. The van der Waals surface area contributed by atoms with Crippen LogP contribution in [0.25, 0.3) is 22.6 Å². The molecule has 3 aromatic rings. The van der Waals surface area contributed by atoms with Crippen LogP contribution in [-0.2, 0) is 22.5 Å². The van der Waals surface area contributed by atoms with Crippen LogP contribution in [0, 0.1) is 0 Å². The molecule has 0 aliphatic rings. The van der Waals surface area contributed by atoms with Gasteiger partial charge in [-0.2, -0.15) is 5.10 Å². The molecular formula is C15H18N6O2. The third-order valence-corrected chi connectivity index (χ3v) is 3.34. The second kappa shape index (κ2) is 6.57. The highest BCUT2D eigenvalue weighted by atomic mass is 16.5. The van der Waals surface area contributed by atoms with Crippen LogP contribution in [0.5, 0.6) is 0 Å². The van der Waals surface area contributed by atoms with E-state index in [1.54, 1.807) is 4.68 Å². The van der Waals surface area contributed by atoms with E-state index in [1.165, 1.54) is 0 Å². The van der Waals surface area contributed by atoms with Gasteiger partial charge in [-0.3, -0.25) is 4.79 Å². The number of aromatic amines is 1. The van der Waals surface area contributed by atoms with Crippen LogP contribution >= 0.6 is 0 Å². The highest BCUT2D eigenvalue weighted by Crippen LogP contribution is 2.19. The predicted octanol–water partition coefficient (Wildman–Crippen LogP) is 0.886. The first-order valence-electron chi connectivity index (χ1n) is 7.41. The number of carbonyl (C=O) groups is 1. The molecule has 0 radical (unpaired) electrons. The number of nitrogens with one attached hydrogen (secondary N) is 1. The fourth-order valence-corrected chi connectivity index (χ4v) is 2.32. The summed E-state index contributed by atoms with van der Waals surface area (Å²) < 4.78 is 7.07. The first-order valence-corrected chi connectivity index (χ1v) is 7.41. The number of pyridine rings is 1. The second-order valence-corrected chi connectivity index (χ2v) is 5.03. The molecule has 23 heavy (non-hydrogen) atoms. The van der Waals surface area contributed by atoms with Crippen molar-refractivity contribution in [3.8, 4) is 11.5 Å². The lowest BCUT2D eigenvalue weighted by Gasteiger charge is -2.05. The molecule has 0 bridgehead atoms. The Hall–Kier alpha value is -2.74. The molecule has 0 unspecified atom stereocenters. The Morgan fingerprint density at radius 1 is 1.35 bits per heavy atom. The largest absolute Gasteiger partial charge is 0.380 e. The lowest BCUT2D eigenvalue weighted by atomic mass is 10.3. The Kier molecular flexibility index (Phi) is 4.33. The van der Waals surface area contributed by atoms with Crippen LogP contribution in [0.4, 0.5) is 0 Å². The highest BCUT2D eigenvalue weighted by molar-refractivity contribution is 5.78. The number of nitrogens with zero attached hydrogens (tertiary/aromatic N) is 4. The molecule has 8 nitrogen and oxygen atoms in total. The number of ether oxygens (including phenoxy) is 1. The van der Waals surface area contributed by atoms with Gasteiger partial charge in [0, 0.05) is 18.2 Å². The average molecular weight is 314 g/mol. The topological polar surface area (TPSA) is 112 Å². The van der Waals surface area contributed by atoms with E-state index in [2.05, 4.69) is 20.1 Å². The summed E-state index contributed by atoms with van der Waals surface area (Å²) in [6.07, 6.45) is 1.83. The Labute approximate surface area is 132 Å². The molecule has 0 fully saturated rings. The van der Waals surface area contributed by atoms with Gasteiger partial charge in [0.2, 0.25) is 5.91 Å². The van der Waals surface area contributed by atoms with Crippen molar-refractivity contribution in [1.82, 2.24) is 24.7 Å². The summed E-state index contributed by atoms with van der Waals surface area (Å²) in [7, 11) is 0. The molecule has 0 aromatic carbocycles. The van der Waals surface area contributed by atoms with Crippen molar-refractivity contribution < 1.29 is 9.53 Å². The monoisotopic (exact) mass is 314 g/mol. The van der Waals surface area contributed by atoms with Crippen molar-refractivity contribution in [2.24, 2.45) is 5.73 Å². The van der Waals surface area contributed by atoms with E-state index in [-0.39, 0.29) is 6.42 Å². The van der Waals surface area contributed by atoms with E-state index >= 15 is 0 Å². The average Bonchev–Trinajstić information content (AvgIpc) is 3.12. The number of hydrogen-bond donors (Lipinski definition) is 2. The third-order valence-electron chi connectivity index (χ3n) is 3.34. The molecule has 0 saturated carbocycles. The zero-order chi connectivity index (χ0) is 16.2. The van der Waals surface area contributed by atoms with Gasteiger partial charge in [-0.05, 0) is 25.1 Å². The molecule has 3 aromatic heterocycles. The second-order valence-electron chi connectivity index (χ2n) is 5.03. The Bertz CT molecular complexity index is 822. The van der Waals surface area contributed by atoms with Gasteiger partial charge in [0.05, 0.1) is 19.6 Å². The van der Waals surface area contributed by atoms with E-state index in [1.807, 2.05) is 31.3 Å². The summed E-state index contributed by atoms with van der Waals surface area (Å²) in [5.74, 6) is 0.515. The van der Waals surface area contributed by atoms with Crippen molar-refractivity contribution in [3.05, 3.63) is 30.2 Å². The van der Waals surface area contributed by atoms with Gasteiger partial charge in [-0.1, -0.05) is 0 Å². The summed E-state index contributed by atoms with van der Waals surface area (Å²) in [6, 6.07) is 5.79. The number of carbonyl (C=O) groups excluding carboxylic acids is 1. The molecule has 0 spiro atoms. The van der Waals surface area contributed by atoms with E-state index in [4.69, 9.17) is 10.5 Å². The van der Waals surface area contributed by atoms with E-state index in [0.29, 0.717) is 37.1 Å². The van der Waals surface area contributed by atoms with Crippen molar-refractivity contribution in [2.45, 2.75) is 19.9 Å². The number of fused-ring (bicyclic) bond motifs is 1. The standard InChI is InChI=1S/C15H18N6O2/c1-2-23-8-7-21-15(19-13(20-21)9-12(16)22)11-4-3-10-5-6-17-14(10)18-11/h3-6H,2,7-9H2,1H3,(H2,16,22)(H,17,18). The van der Waals surface area contributed by atoms with Gasteiger partial charge in [0.1, 0.15) is 11.3 Å². The third kappa shape index (κ3) is 3.37. The summed E-state index contributed by atoms with van der Waals surface area (Å²) in [6.45, 7) is 3.60. The molecule has 0 aliphatic heterocycles. The number of hydrogen-bond acceptors (Lipinski definition) is 5. The SMILES string of the molecule is CCOCCn1nc(CC(N)=O)nc1-c1ccc2cc[nH]c2n1. The van der Waals surface area contributed by atoms with Gasteiger partial charge >= 0.3 is 0 Å². The summed E-state index contributed by atoms with van der Waals surface area (Å²) in [5.41, 5.74) is 6.69. The molecule has 0 saturated heterocycles. The van der Waals surface area contributed by atoms with Crippen LogP contribution in [-0.4, -0.2) is 43.9 Å². The van der Waals surface area contributed by atoms with Gasteiger partial charge < -0.3 is 15.5 Å². The smallest absolute Gasteiger partial charge is 0.225 e. The summed E-state index contributed by atoms with van der Waals surface area (Å²) in [5, 5.41) is 5.36. The number of rotatable bonds is 7. The zero-order valence-electron chi connectivity index (χ0n) is 12.8. The van der Waals surface area contributed by atoms with Crippen molar-refractivity contribution in [1.29, 1.82) is 0 Å². The highest BCUT2D eigenvalue weighted by Gasteiger charge is 2.15. The molecule has 3 heterocycles. The number of primary amides is 1. The number of amides is 1. The maximum atomic E-state index is 11.1. The van der Waals surface area contributed by atoms with Crippen LogP contribution in [0.2, 0.25) is 0 Å². The Morgan fingerprint density at radius 2 is 2.22 bits per heavy atom. The quantitative estimate of drug-likeness (QED) is 0.629. The molecule has 8 heteroatoms. The van der Waals surface area contributed by atoms with Gasteiger partial charge in [-0.25, -0.2) is 14.6 Å². The molecule has 3 N–H and O–H groups in total. The van der Waals surface area contributed by atoms with Crippen LogP contribution in [0.15, 0.2) is 24.4 Å². The van der Waals surface area contributed by atoms with Crippen molar-refractivity contribution >= 4 is 16.9 Å². The number of nitrogens with two attached hydrogens (primary N) is 1. The fourth-order valence-electron chi connectivity index (χ4n) is 2.32. The van der Waals surface area contributed by atoms with Crippen LogP contribution < -0.4 is 5.73 Å². The minimum absolute atomic E-state index is 0.000614. The molecule has 1 amide bonds. The fraction of sp³-hybridized carbons (Fsp3) is 0.333. The van der Waals surface area contributed by atoms with Gasteiger partial charge in [-0.15, -0.1) is 0 Å². The van der Waals surface area contributed by atoms with E-state index in [9.17, 15) is 4.79 Å². The first kappa shape index (κ1) is 15.2. The molecule has 0 aliphatic carbocycles. The van der Waals surface area contributed by atoms with Gasteiger partial charge in [0.25, 0.3) is 0 Å². The van der Waals surface area contributed by atoms with E-state index in [0.717, 1.165) is 11.0 Å². The Morgan fingerprint density at radius 3 is 3.00 bits per heavy atom. The van der Waals surface area contributed by atoms with Gasteiger partial charge in [0.15, 0.2) is 11.6 Å². The summed E-state index contributed by atoms with van der Waals surface area (Å²) in [4.78, 5) is 23.1. The lowest BCUT2D eigenvalue weighted by Crippen LogP contribution is -2.15. The summed E-state index contributed by atoms with van der Waals surface area (Å²) >= 11 is 0. The zero-order valence-corrected chi connectivity index (χ0v) is 12.8. The maximum Gasteiger partial charge on any atom is 0.225 e. The van der Waals surface area contributed by atoms with Crippen molar-refractivity contribution in [2.75, 3.05) is 13.2 Å². The Balaban J connectivity index is 1.96. The minimum atomic E-state index is -0.466. The molecule has 0 atom stereocenters. The number of H-pyrrole nitrogens is 1. The first-order chi connectivity index (χ1) is 11.2. The van der Waals surface area contributed by atoms with E-state index < -0.39 is 5.91 Å². The van der Waals surface area contributed by atoms with Crippen LogP contribution in [0.3, 0.4) is 0 Å². The lowest BCUT2D eigenvalue weighted by molar-refractivity contribution is -0.117. The van der Waals surface area contributed by atoms with Crippen molar-refractivity contribution in [3.63, 3.8) is 0 Å². The molecule has 3 rings (SSSR count). The maximum absolute atomic E-state index is 11.1. The molecule has 120 valence electrons. The number of aromatic nitrogens is 5. The van der Waals surface area contributed by atoms with Crippen LogP contribution in [0.1, 0.15) is 12.7 Å².